The maximum atomic E-state index is 12.9. The molecule has 1 aliphatic rings. The molecule has 0 saturated carbocycles. The Balaban J connectivity index is 1.66. The van der Waals surface area contributed by atoms with Crippen LogP contribution in [0.2, 0.25) is 0 Å². The van der Waals surface area contributed by atoms with Crippen molar-refractivity contribution in [2.75, 3.05) is 24.1 Å². The summed E-state index contributed by atoms with van der Waals surface area (Å²) < 4.78 is 25.6. The Bertz CT molecular complexity index is 1060. The third-order valence-electron chi connectivity index (χ3n) is 5.35. The lowest BCUT2D eigenvalue weighted by molar-refractivity contribution is 0.0713. The first-order valence-electron chi connectivity index (χ1n) is 9.63. The number of likely N-dealkylation sites (tertiary alicyclic amines) is 1. The second-order valence-corrected chi connectivity index (χ2v) is 9.33. The molecule has 9 heteroatoms. The fraction of sp³-hybridized carbons (Fsp3) is 0.333. The van der Waals surface area contributed by atoms with Crippen LogP contribution in [0.4, 0.5) is 5.69 Å². The number of oxime groups is 1. The van der Waals surface area contributed by atoms with Crippen LogP contribution >= 0.6 is 0 Å². The highest BCUT2D eigenvalue weighted by Crippen LogP contribution is 2.29. The Morgan fingerprint density at radius 2 is 1.73 bits per heavy atom. The number of amidine groups is 1. The second kappa shape index (κ2) is 8.74. The molecule has 1 aliphatic heterocycles. The van der Waals surface area contributed by atoms with Crippen molar-refractivity contribution in [2.45, 2.75) is 25.7 Å². The zero-order valence-electron chi connectivity index (χ0n) is 17.0. The average molecular weight is 431 g/mol. The average Bonchev–Trinajstić information content (AvgIpc) is 2.73. The van der Waals surface area contributed by atoms with Crippen molar-refractivity contribution in [1.82, 2.24) is 4.90 Å². The summed E-state index contributed by atoms with van der Waals surface area (Å²) in [5.74, 6) is 0.299. The van der Waals surface area contributed by atoms with E-state index in [1.54, 1.807) is 30.0 Å². The highest BCUT2D eigenvalue weighted by atomic mass is 32.2. The van der Waals surface area contributed by atoms with Crippen LogP contribution in [0.1, 0.15) is 45.8 Å². The summed E-state index contributed by atoms with van der Waals surface area (Å²) in [5.41, 5.74) is 9.06. The molecule has 30 heavy (non-hydrogen) atoms. The number of carbonyl (C=O) groups excluding carboxylic acids is 1. The number of rotatable bonds is 5. The molecule has 0 bridgehead atoms. The Kier molecular flexibility index (Phi) is 6.31. The molecular formula is C21H26N4O4S. The monoisotopic (exact) mass is 430 g/mol. The van der Waals surface area contributed by atoms with Crippen molar-refractivity contribution in [3.8, 4) is 0 Å². The third kappa shape index (κ3) is 5.10. The van der Waals surface area contributed by atoms with E-state index in [4.69, 9.17) is 10.9 Å². The Hall–Kier alpha value is -3.07. The van der Waals surface area contributed by atoms with Gasteiger partial charge in [-0.15, -0.1) is 0 Å². The van der Waals surface area contributed by atoms with Crippen molar-refractivity contribution < 1.29 is 18.4 Å². The summed E-state index contributed by atoms with van der Waals surface area (Å²) in [6.45, 7) is 3.03. The number of benzene rings is 2. The third-order valence-corrected chi connectivity index (χ3v) is 5.94. The van der Waals surface area contributed by atoms with Crippen molar-refractivity contribution in [2.24, 2.45) is 10.9 Å². The molecule has 0 radical (unpaired) electrons. The first-order chi connectivity index (χ1) is 14.2. The molecule has 0 aliphatic carbocycles. The van der Waals surface area contributed by atoms with Gasteiger partial charge >= 0.3 is 0 Å². The van der Waals surface area contributed by atoms with Crippen LogP contribution < -0.4 is 10.5 Å². The zero-order chi connectivity index (χ0) is 21.9. The SMILES string of the molecule is Cc1ccc(C(=O)N2CCC(c3ccc(C(N)=NO)cc3)CC2)cc1NS(C)(=O)=O. The minimum absolute atomic E-state index is 0.0739. The number of aryl methyl sites for hydroxylation is 1. The molecule has 1 amide bonds. The number of nitrogens with zero attached hydrogens (tertiary/aromatic N) is 2. The van der Waals surface area contributed by atoms with Crippen LogP contribution in [-0.2, 0) is 10.0 Å². The minimum Gasteiger partial charge on any atom is -0.409 e. The maximum Gasteiger partial charge on any atom is 0.253 e. The van der Waals surface area contributed by atoms with Gasteiger partial charge in [-0.3, -0.25) is 9.52 Å². The summed E-state index contributed by atoms with van der Waals surface area (Å²) in [4.78, 5) is 14.7. The predicted molar refractivity (Wildman–Crippen MR) is 116 cm³/mol. The smallest absolute Gasteiger partial charge is 0.253 e. The van der Waals surface area contributed by atoms with E-state index in [0.717, 1.165) is 30.2 Å². The number of amides is 1. The van der Waals surface area contributed by atoms with Crippen LogP contribution in [0.3, 0.4) is 0 Å². The Labute approximate surface area is 176 Å². The number of nitrogens with one attached hydrogen (secondary N) is 1. The van der Waals surface area contributed by atoms with Crippen LogP contribution in [-0.4, -0.2) is 49.6 Å². The van der Waals surface area contributed by atoms with Gasteiger partial charge in [-0.05, 0) is 48.9 Å². The molecule has 1 saturated heterocycles. The van der Waals surface area contributed by atoms with Gasteiger partial charge in [-0.25, -0.2) is 8.42 Å². The van der Waals surface area contributed by atoms with Crippen molar-refractivity contribution >= 4 is 27.5 Å². The molecule has 2 aromatic carbocycles. The predicted octanol–water partition coefficient (Wildman–Crippen LogP) is 2.48. The van der Waals surface area contributed by atoms with Gasteiger partial charge in [0.2, 0.25) is 10.0 Å². The quantitative estimate of drug-likeness (QED) is 0.291. The van der Waals surface area contributed by atoms with E-state index in [0.29, 0.717) is 35.8 Å². The van der Waals surface area contributed by atoms with Crippen LogP contribution in [0, 0.1) is 6.92 Å². The fourth-order valence-electron chi connectivity index (χ4n) is 3.65. The largest absolute Gasteiger partial charge is 0.409 e. The molecule has 0 atom stereocenters. The van der Waals surface area contributed by atoms with Crippen molar-refractivity contribution in [3.63, 3.8) is 0 Å². The molecule has 3 rings (SSSR count). The van der Waals surface area contributed by atoms with E-state index in [1.165, 1.54) is 0 Å². The number of nitrogens with two attached hydrogens (primary N) is 1. The lowest BCUT2D eigenvalue weighted by atomic mass is 9.88. The maximum absolute atomic E-state index is 12.9. The normalized spacial score (nSPS) is 15.8. The summed E-state index contributed by atoms with van der Waals surface area (Å²) in [7, 11) is -3.42. The molecule has 1 fully saturated rings. The highest BCUT2D eigenvalue weighted by Gasteiger charge is 2.25. The van der Waals surface area contributed by atoms with Crippen molar-refractivity contribution in [3.05, 3.63) is 64.7 Å². The van der Waals surface area contributed by atoms with Gasteiger partial charge in [-0.2, -0.15) is 0 Å². The number of anilines is 1. The lowest BCUT2D eigenvalue weighted by Gasteiger charge is -2.32. The van der Waals surface area contributed by atoms with Gasteiger partial charge in [0.25, 0.3) is 5.91 Å². The van der Waals surface area contributed by atoms with Gasteiger partial charge < -0.3 is 15.8 Å². The molecule has 8 nitrogen and oxygen atoms in total. The second-order valence-electron chi connectivity index (χ2n) is 7.58. The number of sulfonamides is 1. The topological polar surface area (TPSA) is 125 Å². The number of carbonyl (C=O) groups is 1. The minimum atomic E-state index is -3.42. The Morgan fingerprint density at radius 3 is 2.30 bits per heavy atom. The van der Waals surface area contributed by atoms with Gasteiger partial charge in [-0.1, -0.05) is 35.5 Å². The van der Waals surface area contributed by atoms with Gasteiger partial charge in [0.05, 0.1) is 11.9 Å². The van der Waals surface area contributed by atoms with E-state index in [1.807, 2.05) is 24.3 Å². The van der Waals surface area contributed by atoms with E-state index in [9.17, 15) is 13.2 Å². The van der Waals surface area contributed by atoms with Gasteiger partial charge in [0.1, 0.15) is 0 Å². The fourth-order valence-corrected chi connectivity index (χ4v) is 4.27. The van der Waals surface area contributed by atoms with E-state index in [2.05, 4.69) is 9.88 Å². The molecule has 160 valence electrons. The molecule has 2 aromatic rings. The van der Waals surface area contributed by atoms with E-state index < -0.39 is 10.0 Å². The first kappa shape index (κ1) is 21.6. The van der Waals surface area contributed by atoms with E-state index in [-0.39, 0.29) is 11.7 Å². The number of hydrogen-bond acceptors (Lipinski definition) is 5. The highest BCUT2D eigenvalue weighted by molar-refractivity contribution is 7.92. The lowest BCUT2D eigenvalue weighted by Crippen LogP contribution is -2.38. The molecule has 0 spiro atoms. The van der Waals surface area contributed by atoms with Crippen molar-refractivity contribution in [1.29, 1.82) is 0 Å². The summed E-state index contributed by atoms with van der Waals surface area (Å²) in [6.07, 6.45) is 2.74. The van der Waals surface area contributed by atoms with E-state index >= 15 is 0 Å². The summed E-state index contributed by atoms with van der Waals surface area (Å²) >= 11 is 0. The molecular weight excluding hydrogens is 404 g/mol. The van der Waals surface area contributed by atoms with Crippen LogP contribution in [0.5, 0.6) is 0 Å². The summed E-state index contributed by atoms with van der Waals surface area (Å²) in [5, 5.41) is 11.8. The van der Waals surface area contributed by atoms with Crippen LogP contribution in [0.25, 0.3) is 0 Å². The van der Waals surface area contributed by atoms with Crippen LogP contribution in [0.15, 0.2) is 47.6 Å². The number of piperidine rings is 1. The number of hydrogen-bond donors (Lipinski definition) is 3. The first-order valence-corrected chi connectivity index (χ1v) is 11.5. The molecule has 4 N–H and O–H groups in total. The van der Waals surface area contributed by atoms with Gasteiger partial charge in [0, 0.05) is 24.2 Å². The zero-order valence-corrected chi connectivity index (χ0v) is 17.8. The Morgan fingerprint density at radius 1 is 1.13 bits per heavy atom. The van der Waals surface area contributed by atoms with Gasteiger partial charge in [0.15, 0.2) is 5.84 Å². The molecule has 0 aromatic heterocycles. The molecule has 1 heterocycles. The molecule has 0 unspecified atom stereocenters. The summed E-state index contributed by atoms with van der Waals surface area (Å²) in [6, 6.07) is 12.7. The standard InChI is InChI=1S/C21H26N4O4S/c1-14-3-4-18(13-19(14)24-30(2,28)29)21(26)25-11-9-16(10-12-25)15-5-7-17(8-6-15)20(22)23-27/h3-8,13,16,24,27H,9-12H2,1-2H3,(H2,22,23).